The molecule has 2 aromatic rings. The summed E-state index contributed by atoms with van der Waals surface area (Å²) in [7, 11) is 9.19. The third kappa shape index (κ3) is 3.76. The van der Waals surface area contributed by atoms with E-state index in [9.17, 15) is 5.26 Å². The Kier molecular flexibility index (Phi) is 6.99. The van der Waals surface area contributed by atoms with Crippen molar-refractivity contribution in [3.8, 4) is 40.6 Å². The SMILES string of the molecule is COc1cc(/C(=C\C#N)c2ccc(OC)c(OC)c2OC)cc(OC)c1OC. The largest absolute Gasteiger partial charge is 0.493 e. The molecule has 7 heteroatoms. The van der Waals surface area contributed by atoms with Crippen molar-refractivity contribution in [3.05, 3.63) is 41.5 Å². The smallest absolute Gasteiger partial charge is 0.203 e. The van der Waals surface area contributed by atoms with Gasteiger partial charge < -0.3 is 28.4 Å². The molecule has 0 radical (unpaired) electrons. The third-order valence-corrected chi connectivity index (χ3v) is 4.18. The first kappa shape index (κ1) is 20.8. The van der Waals surface area contributed by atoms with Crippen molar-refractivity contribution in [1.82, 2.24) is 0 Å². The van der Waals surface area contributed by atoms with Crippen LogP contribution in [0.2, 0.25) is 0 Å². The van der Waals surface area contributed by atoms with Gasteiger partial charge in [-0.1, -0.05) is 0 Å². The summed E-state index contributed by atoms with van der Waals surface area (Å²) < 4.78 is 32.6. The fourth-order valence-corrected chi connectivity index (χ4v) is 2.93. The predicted octanol–water partition coefficient (Wildman–Crippen LogP) is 3.69. The van der Waals surface area contributed by atoms with Crippen molar-refractivity contribution in [3.63, 3.8) is 0 Å². The highest BCUT2D eigenvalue weighted by molar-refractivity contribution is 5.87. The lowest BCUT2D eigenvalue weighted by Crippen LogP contribution is -2.01. The van der Waals surface area contributed by atoms with Gasteiger partial charge in [-0.25, -0.2) is 0 Å². The molecule has 0 aliphatic heterocycles. The molecular formula is C21H23NO6. The van der Waals surface area contributed by atoms with Crippen LogP contribution in [-0.2, 0) is 0 Å². The minimum atomic E-state index is 0.429. The van der Waals surface area contributed by atoms with E-state index in [0.29, 0.717) is 51.2 Å². The van der Waals surface area contributed by atoms with Crippen molar-refractivity contribution in [2.24, 2.45) is 0 Å². The molecule has 0 spiro atoms. The average Bonchev–Trinajstić information content (AvgIpc) is 2.75. The number of benzene rings is 2. The number of nitrogens with zero attached hydrogens (tertiary/aromatic N) is 1. The summed E-state index contributed by atoms with van der Waals surface area (Å²) in [6.45, 7) is 0. The van der Waals surface area contributed by atoms with Gasteiger partial charge in [-0.2, -0.15) is 5.26 Å². The Hall–Kier alpha value is -3.53. The van der Waals surface area contributed by atoms with Crippen molar-refractivity contribution in [1.29, 1.82) is 5.26 Å². The zero-order chi connectivity index (χ0) is 20.7. The van der Waals surface area contributed by atoms with Crippen LogP contribution in [0.15, 0.2) is 30.3 Å². The third-order valence-electron chi connectivity index (χ3n) is 4.18. The van der Waals surface area contributed by atoms with E-state index in [2.05, 4.69) is 6.07 Å². The van der Waals surface area contributed by atoms with Gasteiger partial charge in [0.25, 0.3) is 0 Å². The van der Waals surface area contributed by atoms with E-state index in [1.165, 1.54) is 41.6 Å². The van der Waals surface area contributed by atoms with Gasteiger partial charge in [0.2, 0.25) is 11.5 Å². The van der Waals surface area contributed by atoms with Crippen LogP contribution in [0.5, 0.6) is 34.5 Å². The normalized spacial score (nSPS) is 10.7. The average molecular weight is 385 g/mol. The lowest BCUT2D eigenvalue weighted by atomic mass is 9.95. The summed E-state index contributed by atoms with van der Waals surface area (Å²) >= 11 is 0. The molecule has 0 unspecified atom stereocenters. The van der Waals surface area contributed by atoms with Crippen molar-refractivity contribution < 1.29 is 28.4 Å². The summed E-state index contributed by atoms with van der Waals surface area (Å²) in [5.41, 5.74) is 1.93. The molecule has 0 aliphatic rings. The monoisotopic (exact) mass is 385 g/mol. The number of allylic oxidation sites excluding steroid dienone is 1. The topological polar surface area (TPSA) is 79.2 Å². The van der Waals surface area contributed by atoms with Crippen LogP contribution in [0.25, 0.3) is 5.57 Å². The Labute approximate surface area is 164 Å². The van der Waals surface area contributed by atoms with Crippen molar-refractivity contribution in [2.75, 3.05) is 42.7 Å². The van der Waals surface area contributed by atoms with Crippen LogP contribution in [0.1, 0.15) is 11.1 Å². The van der Waals surface area contributed by atoms with Crippen LogP contribution in [0.3, 0.4) is 0 Å². The molecule has 0 heterocycles. The second-order valence-electron chi connectivity index (χ2n) is 5.48. The van der Waals surface area contributed by atoms with E-state index in [4.69, 9.17) is 28.4 Å². The van der Waals surface area contributed by atoms with Gasteiger partial charge in [-0.05, 0) is 29.8 Å². The van der Waals surface area contributed by atoms with Crippen LogP contribution in [0, 0.1) is 11.3 Å². The molecule has 0 saturated carbocycles. The van der Waals surface area contributed by atoms with Crippen LogP contribution in [0.4, 0.5) is 0 Å². The van der Waals surface area contributed by atoms with Gasteiger partial charge in [-0.15, -0.1) is 0 Å². The lowest BCUT2D eigenvalue weighted by Gasteiger charge is -2.19. The summed E-state index contributed by atoms with van der Waals surface area (Å²) in [4.78, 5) is 0. The van der Waals surface area contributed by atoms with Crippen LogP contribution in [-0.4, -0.2) is 42.7 Å². The molecule has 7 nitrogen and oxygen atoms in total. The molecule has 148 valence electrons. The molecular weight excluding hydrogens is 362 g/mol. The molecule has 0 saturated heterocycles. The zero-order valence-electron chi connectivity index (χ0n) is 16.8. The predicted molar refractivity (Wildman–Crippen MR) is 105 cm³/mol. The van der Waals surface area contributed by atoms with Crippen LogP contribution < -0.4 is 28.4 Å². The molecule has 2 rings (SSSR count). The van der Waals surface area contributed by atoms with Gasteiger partial charge in [0.05, 0.1) is 48.7 Å². The second kappa shape index (κ2) is 9.42. The minimum Gasteiger partial charge on any atom is -0.493 e. The fourth-order valence-electron chi connectivity index (χ4n) is 2.93. The van der Waals surface area contributed by atoms with Gasteiger partial charge in [0.1, 0.15) is 0 Å². The number of rotatable bonds is 8. The quantitative estimate of drug-likeness (QED) is 0.641. The van der Waals surface area contributed by atoms with E-state index in [1.807, 2.05) is 0 Å². The van der Waals surface area contributed by atoms with E-state index in [-0.39, 0.29) is 0 Å². The molecule has 0 N–H and O–H groups in total. The summed E-state index contributed by atoms with van der Waals surface area (Å²) in [6.07, 6.45) is 1.42. The van der Waals surface area contributed by atoms with Gasteiger partial charge in [-0.3, -0.25) is 0 Å². The number of ether oxygens (including phenoxy) is 6. The molecule has 2 aromatic carbocycles. The van der Waals surface area contributed by atoms with Crippen molar-refractivity contribution >= 4 is 5.57 Å². The number of nitriles is 1. The van der Waals surface area contributed by atoms with Crippen molar-refractivity contribution in [2.45, 2.75) is 0 Å². The first-order chi connectivity index (χ1) is 13.6. The number of hydrogen-bond acceptors (Lipinski definition) is 7. The summed E-state index contributed by atoms with van der Waals surface area (Å²) in [5, 5.41) is 9.39. The van der Waals surface area contributed by atoms with E-state index < -0.39 is 0 Å². The van der Waals surface area contributed by atoms with Gasteiger partial charge in [0, 0.05) is 17.2 Å². The van der Waals surface area contributed by atoms with E-state index in [1.54, 1.807) is 31.4 Å². The fraction of sp³-hybridized carbons (Fsp3) is 0.286. The molecule has 0 atom stereocenters. The summed E-state index contributed by atoms with van der Waals surface area (Å²) in [6, 6.07) is 9.16. The maximum atomic E-state index is 9.39. The number of methoxy groups -OCH3 is 6. The Morgan fingerprint density at radius 2 is 1.25 bits per heavy atom. The lowest BCUT2D eigenvalue weighted by molar-refractivity contribution is 0.323. The Morgan fingerprint density at radius 3 is 1.68 bits per heavy atom. The highest BCUT2D eigenvalue weighted by Crippen LogP contribution is 2.46. The Balaban J connectivity index is 2.79. The minimum absolute atomic E-state index is 0.429. The molecule has 0 bridgehead atoms. The first-order valence-corrected chi connectivity index (χ1v) is 8.29. The Morgan fingerprint density at radius 1 is 0.714 bits per heavy atom. The number of hydrogen-bond donors (Lipinski definition) is 0. The van der Waals surface area contributed by atoms with E-state index in [0.717, 1.165) is 0 Å². The molecule has 28 heavy (non-hydrogen) atoms. The maximum absolute atomic E-state index is 9.39. The second-order valence-corrected chi connectivity index (χ2v) is 5.48. The van der Waals surface area contributed by atoms with Gasteiger partial charge in [0.15, 0.2) is 23.0 Å². The Bertz CT molecular complexity index is 889. The van der Waals surface area contributed by atoms with Gasteiger partial charge >= 0.3 is 0 Å². The molecule has 0 aromatic heterocycles. The molecule has 0 amide bonds. The highest BCUT2D eigenvalue weighted by atomic mass is 16.5. The van der Waals surface area contributed by atoms with E-state index >= 15 is 0 Å². The molecule has 0 fully saturated rings. The first-order valence-electron chi connectivity index (χ1n) is 8.29. The highest BCUT2D eigenvalue weighted by Gasteiger charge is 2.22. The standard InChI is InChI=1S/C21H23NO6/c1-23-16-8-7-15(19(26-4)21(16)28-6)14(9-10-22)13-11-17(24-2)20(27-5)18(12-13)25-3/h7-9,11-12H,1-6H3/b14-9+. The zero-order valence-corrected chi connectivity index (χ0v) is 16.8. The van der Waals surface area contributed by atoms with Crippen LogP contribution >= 0.6 is 0 Å². The maximum Gasteiger partial charge on any atom is 0.203 e. The molecule has 0 aliphatic carbocycles. The summed E-state index contributed by atoms with van der Waals surface area (Å²) in [5.74, 6) is 2.80.